The second-order valence-electron chi connectivity index (χ2n) is 4.51. The molecule has 3 nitrogen and oxygen atoms in total. The van der Waals surface area contributed by atoms with Crippen LogP contribution >= 0.6 is 0 Å². The molecule has 1 N–H and O–H groups in total. The van der Waals surface area contributed by atoms with E-state index in [2.05, 4.69) is 25.2 Å². The van der Waals surface area contributed by atoms with E-state index in [1.807, 2.05) is 13.8 Å². The van der Waals surface area contributed by atoms with Crippen molar-refractivity contribution >= 4 is 0 Å². The lowest BCUT2D eigenvalue weighted by atomic mass is 10.1. The Labute approximate surface area is 105 Å². The summed E-state index contributed by atoms with van der Waals surface area (Å²) < 4.78 is 11.0. The van der Waals surface area contributed by atoms with Crippen LogP contribution in [0.2, 0.25) is 0 Å². The van der Waals surface area contributed by atoms with E-state index in [-0.39, 0.29) is 0 Å². The average molecular weight is 239 g/mol. The topological polar surface area (TPSA) is 34.4 Å². The summed E-state index contributed by atoms with van der Waals surface area (Å²) >= 11 is 0. The highest BCUT2D eigenvalue weighted by Crippen LogP contribution is 2.20. The SMILES string of the molecule is CCCOCCCNC(C)c1cc(C)oc1C. The molecule has 1 atom stereocenters. The molecule has 1 heterocycles. The quantitative estimate of drug-likeness (QED) is 0.706. The second kappa shape index (κ2) is 7.51. The lowest BCUT2D eigenvalue weighted by Crippen LogP contribution is -2.21. The van der Waals surface area contributed by atoms with Crippen LogP contribution in [-0.4, -0.2) is 19.8 Å². The molecule has 0 aliphatic rings. The van der Waals surface area contributed by atoms with Crippen molar-refractivity contribution in [1.82, 2.24) is 5.32 Å². The molecular weight excluding hydrogens is 214 g/mol. The van der Waals surface area contributed by atoms with Crippen LogP contribution in [0.1, 0.15) is 49.8 Å². The van der Waals surface area contributed by atoms with Crippen molar-refractivity contribution < 1.29 is 9.15 Å². The van der Waals surface area contributed by atoms with Gasteiger partial charge in [-0.2, -0.15) is 0 Å². The van der Waals surface area contributed by atoms with E-state index in [4.69, 9.17) is 9.15 Å². The van der Waals surface area contributed by atoms with Gasteiger partial charge in [0.2, 0.25) is 0 Å². The first-order chi connectivity index (χ1) is 8.15. The lowest BCUT2D eigenvalue weighted by molar-refractivity contribution is 0.132. The Morgan fingerprint density at radius 1 is 1.35 bits per heavy atom. The Morgan fingerprint density at radius 3 is 2.71 bits per heavy atom. The van der Waals surface area contributed by atoms with Gasteiger partial charge in [-0.25, -0.2) is 0 Å². The molecule has 0 aliphatic carbocycles. The minimum absolute atomic E-state index is 0.346. The molecule has 0 amide bonds. The number of hydrogen-bond donors (Lipinski definition) is 1. The number of rotatable bonds is 8. The van der Waals surface area contributed by atoms with Gasteiger partial charge in [-0.05, 0) is 46.2 Å². The molecule has 17 heavy (non-hydrogen) atoms. The van der Waals surface area contributed by atoms with Crippen LogP contribution in [-0.2, 0) is 4.74 Å². The van der Waals surface area contributed by atoms with Crippen molar-refractivity contribution in [3.05, 3.63) is 23.2 Å². The van der Waals surface area contributed by atoms with Gasteiger partial charge in [-0.3, -0.25) is 0 Å². The van der Waals surface area contributed by atoms with Crippen molar-refractivity contribution in [2.24, 2.45) is 0 Å². The third-order valence-corrected chi connectivity index (χ3v) is 2.81. The highest BCUT2D eigenvalue weighted by atomic mass is 16.5. The van der Waals surface area contributed by atoms with Crippen LogP contribution in [0.5, 0.6) is 0 Å². The molecule has 0 aromatic carbocycles. The highest BCUT2D eigenvalue weighted by Gasteiger charge is 2.11. The van der Waals surface area contributed by atoms with E-state index in [1.54, 1.807) is 0 Å². The monoisotopic (exact) mass is 239 g/mol. The maximum absolute atomic E-state index is 5.53. The zero-order valence-electron chi connectivity index (χ0n) is 11.5. The van der Waals surface area contributed by atoms with Crippen molar-refractivity contribution in [2.75, 3.05) is 19.8 Å². The Bertz CT molecular complexity index is 320. The molecule has 0 fully saturated rings. The van der Waals surface area contributed by atoms with Crippen LogP contribution in [0.4, 0.5) is 0 Å². The molecule has 0 saturated carbocycles. The van der Waals surface area contributed by atoms with E-state index in [9.17, 15) is 0 Å². The van der Waals surface area contributed by atoms with Crippen LogP contribution in [0.25, 0.3) is 0 Å². The minimum atomic E-state index is 0.346. The summed E-state index contributed by atoms with van der Waals surface area (Å²) in [5.41, 5.74) is 1.26. The predicted octanol–water partition coefficient (Wildman–Crippen LogP) is 3.36. The van der Waals surface area contributed by atoms with Crippen molar-refractivity contribution in [3.63, 3.8) is 0 Å². The molecule has 98 valence electrons. The zero-order valence-corrected chi connectivity index (χ0v) is 11.5. The molecule has 0 spiro atoms. The maximum atomic E-state index is 5.53. The van der Waals surface area contributed by atoms with Crippen LogP contribution < -0.4 is 5.32 Å². The van der Waals surface area contributed by atoms with E-state index in [1.165, 1.54) is 5.56 Å². The van der Waals surface area contributed by atoms with Gasteiger partial charge in [0, 0.05) is 24.8 Å². The summed E-state index contributed by atoms with van der Waals surface area (Å²) in [6.07, 6.45) is 2.15. The standard InChI is InChI=1S/C14H25NO2/c1-5-8-16-9-6-7-15-12(3)14-10-11(2)17-13(14)4/h10,12,15H,5-9H2,1-4H3. The third-order valence-electron chi connectivity index (χ3n) is 2.81. The number of nitrogens with one attached hydrogen (secondary N) is 1. The lowest BCUT2D eigenvalue weighted by Gasteiger charge is -2.12. The van der Waals surface area contributed by atoms with Gasteiger partial charge in [0.05, 0.1) is 0 Å². The molecule has 3 heteroatoms. The third kappa shape index (κ3) is 4.92. The first-order valence-electron chi connectivity index (χ1n) is 6.53. The molecule has 0 aliphatic heterocycles. The molecule has 1 rings (SSSR count). The average Bonchev–Trinajstić information content (AvgIpc) is 2.62. The largest absolute Gasteiger partial charge is 0.466 e. The Hall–Kier alpha value is -0.800. The molecule has 1 aromatic heterocycles. The zero-order chi connectivity index (χ0) is 12.7. The number of furan rings is 1. The number of hydrogen-bond acceptors (Lipinski definition) is 3. The summed E-state index contributed by atoms with van der Waals surface area (Å²) in [6.45, 7) is 11.0. The summed E-state index contributed by atoms with van der Waals surface area (Å²) in [6, 6.07) is 2.46. The Balaban J connectivity index is 2.21. The van der Waals surface area contributed by atoms with E-state index < -0.39 is 0 Å². The van der Waals surface area contributed by atoms with Gasteiger partial charge in [0.25, 0.3) is 0 Å². The molecule has 0 saturated heterocycles. The van der Waals surface area contributed by atoms with Crippen LogP contribution in [0.15, 0.2) is 10.5 Å². The van der Waals surface area contributed by atoms with E-state index in [0.717, 1.165) is 44.1 Å². The first-order valence-corrected chi connectivity index (χ1v) is 6.53. The first kappa shape index (κ1) is 14.3. The molecule has 1 aromatic rings. The van der Waals surface area contributed by atoms with Crippen molar-refractivity contribution in [2.45, 2.75) is 46.6 Å². The molecular formula is C14H25NO2. The molecule has 1 unspecified atom stereocenters. The van der Waals surface area contributed by atoms with Gasteiger partial charge >= 0.3 is 0 Å². The smallest absolute Gasteiger partial charge is 0.105 e. The minimum Gasteiger partial charge on any atom is -0.466 e. The summed E-state index contributed by atoms with van der Waals surface area (Å²) in [4.78, 5) is 0. The number of ether oxygens (including phenoxy) is 1. The predicted molar refractivity (Wildman–Crippen MR) is 70.3 cm³/mol. The van der Waals surface area contributed by atoms with Crippen LogP contribution in [0.3, 0.4) is 0 Å². The van der Waals surface area contributed by atoms with E-state index >= 15 is 0 Å². The van der Waals surface area contributed by atoms with E-state index in [0.29, 0.717) is 6.04 Å². The fourth-order valence-corrected chi connectivity index (χ4v) is 1.93. The Morgan fingerprint density at radius 2 is 2.12 bits per heavy atom. The Kier molecular flexibility index (Phi) is 6.30. The summed E-state index contributed by atoms with van der Waals surface area (Å²) in [5.74, 6) is 2.00. The van der Waals surface area contributed by atoms with Gasteiger partial charge in [-0.15, -0.1) is 0 Å². The van der Waals surface area contributed by atoms with Gasteiger partial charge in [0.15, 0.2) is 0 Å². The molecule has 0 bridgehead atoms. The fraction of sp³-hybridized carbons (Fsp3) is 0.714. The summed E-state index contributed by atoms with van der Waals surface area (Å²) in [5, 5.41) is 3.49. The fourth-order valence-electron chi connectivity index (χ4n) is 1.93. The van der Waals surface area contributed by atoms with Gasteiger partial charge < -0.3 is 14.5 Å². The maximum Gasteiger partial charge on any atom is 0.105 e. The normalized spacial score (nSPS) is 12.9. The second-order valence-corrected chi connectivity index (χ2v) is 4.51. The van der Waals surface area contributed by atoms with Crippen molar-refractivity contribution in [1.29, 1.82) is 0 Å². The van der Waals surface area contributed by atoms with Crippen LogP contribution in [0, 0.1) is 13.8 Å². The van der Waals surface area contributed by atoms with Crippen molar-refractivity contribution in [3.8, 4) is 0 Å². The van der Waals surface area contributed by atoms with Gasteiger partial charge in [0.1, 0.15) is 11.5 Å². The highest BCUT2D eigenvalue weighted by molar-refractivity contribution is 5.23. The number of aryl methyl sites for hydroxylation is 2. The molecule has 0 radical (unpaired) electrons. The van der Waals surface area contributed by atoms with Gasteiger partial charge in [-0.1, -0.05) is 6.92 Å². The summed E-state index contributed by atoms with van der Waals surface area (Å²) in [7, 11) is 0.